The van der Waals surface area contributed by atoms with Crippen LogP contribution in [-0.2, 0) is 19.1 Å². The van der Waals surface area contributed by atoms with Crippen LogP contribution in [0.4, 0.5) is 5.69 Å². The smallest absolute Gasteiger partial charge is 0.307 e. The average Bonchev–Trinajstić information content (AvgIpc) is 3.29. The van der Waals surface area contributed by atoms with Gasteiger partial charge in [0.15, 0.2) is 0 Å². The van der Waals surface area contributed by atoms with Crippen LogP contribution in [0.5, 0.6) is 0 Å². The van der Waals surface area contributed by atoms with Gasteiger partial charge in [0.25, 0.3) is 11.8 Å². The fraction of sp³-hybridized carbons (Fsp3) is 0.348. The van der Waals surface area contributed by atoms with Crippen molar-refractivity contribution in [1.82, 2.24) is 5.32 Å². The molecule has 0 aromatic heterocycles. The first-order chi connectivity index (χ1) is 14.5. The molecule has 2 amide bonds. The summed E-state index contributed by atoms with van der Waals surface area (Å²) in [6.07, 6.45) is 1.12. The first-order valence-electron chi connectivity index (χ1n) is 9.93. The van der Waals surface area contributed by atoms with Crippen LogP contribution in [0.25, 0.3) is 0 Å². The minimum Gasteiger partial charge on any atom is -0.469 e. The van der Waals surface area contributed by atoms with E-state index in [2.05, 4.69) is 10.6 Å². The minimum absolute atomic E-state index is 0.0146. The average molecular weight is 410 g/mol. The number of amides is 2. The predicted molar refractivity (Wildman–Crippen MR) is 112 cm³/mol. The lowest BCUT2D eigenvalue weighted by Crippen LogP contribution is -2.31. The molecule has 0 unspecified atom stereocenters. The Morgan fingerprint density at radius 1 is 1.17 bits per heavy atom. The Morgan fingerprint density at radius 2 is 1.93 bits per heavy atom. The molecule has 7 heteroatoms. The number of carbonyl (C=O) groups excluding carboxylic acids is 3. The second kappa shape index (κ2) is 10.0. The summed E-state index contributed by atoms with van der Waals surface area (Å²) >= 11 is 0. The van der Waals surface area contributed by atoms with Crippen LogP contribution in [0.15, 0.2) is 48.5 Å². The van der Waals surface area contributed by atoms with E-state index in [9.17, 15) is 14.4 Å². The SMILES string of the molecule is COC(=O)C[C@H](NC(=O)c1cccc(NC(=O)[C@@H]2CCCO2)c1)c1ccc(C)cc1. The number of esters is 1. The van der Waals surface area contributed by atoms with Gasteiger partial charge in [0.05, 0.1) is 19.6 Å². The van der Waals surface area contributed by atoms with Crippen molar-refractivity contribution in [1.29, 1.82) is 0 Å². The summed E-state index contributed by atoms with van der Waals surface area (Å²) in [5.41, 5.74) is 2.78. The van der Waals surface area contributed by atoms with Crippen molar-refractivity contribution in [3.05, 3.63) is 65.2 Å². The third-order valence-electron chi connectivity index (χ3n) is 5.00. The van der Waals surface area contributed by atoms with Crippen molar-refractivity contribution in [3.8, 4) is 0 Å². The second-order valence-corrected chi connectivity index (χ2v) is 7.29. The number of rotatable bonds is 7. The van der Waals surface area contributed by atoms with Crippen LogP contribution in [0.3, 0.4) is 0 Å². The third-order valence-corrected chi connectivity index (χ3v) is 5.00. The van der Waals surface area contributed by atoms with Crippen molar-refractivity contribution in [2.75, 3.05) is 19.0 Å². The number of carbonyl (C=O) groups is 3. The molecule has 2 N–H and O–H groups in total. The molecule has 7 nitrogen and oxygen atoms in total. The van der Waals surface area contributed by atoms with E-state index in [0.29, 0.717) is 24.3 Å². The Bertz CT molecular complexity index is 904. The first-order valence-corrected chi connectivity index (χ1v) is 9.93. The number of anilines is 1. The summed E-state index contributed by atoms with van der Waals surface area (Å²) in [4.78, 5) is 37.0. The number of methoxy groups -OCH3 is 1. The van der Waals surface area contributed by atoms with Gasteiger partial charge < -0.3 is 20.1 Å². The molecule has 0 radical (unpaired) electrons. The zero-order chi connectivity index (χ0) is 21.5. The number of benzene rings is 2. The highest BCUT2D eigenvalue weighted by Crippen LogP contribution is 2.20. The molecule has 0 spiro atoms. The van der Waals surface area contributed by atoms with Crippen LogP contribution in [0.1, 0.15) is 46.8 Å². The number of nitrogens with one attached hydrogen (secondary N) is 2. The molecular formula is C23H26N2O5. The van der Waals surface area contributed by atoms with Gasteiger partial charge in [-0.05, 0) is 43.5 Å². The molecule has 3 rings (SSSR count). The van der Waals surface area contributed by atoms with E-state index in [1.54, 1.807) is 24.3 Å². The lowest BCUT2D eigenvalue weighted by Gasteiger charge is -2.19. The van der Waals surface area contributed by atoms with Crippen molar-refractivity contribution < 1.29 is 23.9 Å². The quantitative estimate of drug-likeness (QED) is 0.684. The zero-order valence-corrected chi connectivity index (χ0v) is 17.1. The van der Waals surface area contributed by atoms with E-state index >= 15 is 0 Å². The maximum Gasteiger partial charge on any atom is 0.307 e. The van der Waals surface area contributed by atoms with E-state index in [4.69, 9.17) is 9.47 Å². The second-order valence-electron chi connectivity index (χ2n) is 7.29. The Hall–Kier alpha value is -3.19. The molecule has 0 aliphatic carbocycles. The van der Waals surface area contributed by atoms with Crippen LogP contribution < -0.4 is 10.6 Å². The van der Waals surface area contributed by atoms with E-state index in [0.717, 1.165) is 17.5 Å². The molecule has 158 valence electrons. The molecule has 0 saturated carbocycles. The molecule has 30 heavy (non-hydrogen) atoms. The lowest BCUT2D eigenvalue weighted by atomic mass is 10.0. The standard InChI is InChI=1S/C23H26N2O5/c1-15-8-10-16(11-9-15)19(14-21(26)29-2)25-22(27)17-5-3-6-18(13-17)24-23(28)20-7-4-12-30-20/h3,5-6,8-11,13,19-20H,4,7,12,14H2,1-2H3,(H,24,28)(H,25,27)/t19-,20-/m0/s1. The minimum atomic E-state index is -0.532. The van der Waals surface area contributed by atoms with E-state index in [-0.39, 0.29) is 18.2 Å². The van der Waals surface area contributed by atoms with Gasteiger partial charge in [0.1, 0.15) is 6.10 Å². The summed E-state index contributed by atoms with van der Waals surface area (Å²) < 4.78 is 10.2. The highest BCUT2D eigenvalue weighted by molar-refractivity contribution is 5.98. The fourth-order valence-corrected chi connectivity index (χ4v) is 3.29. The highest BCUT2D eigenvalue weighted by atomic mass is 16.5. The number of ether oxygens (including phenoxy) is 2. The summed E-state index contributed by atoms with van der Waals surface area (Å²) in [6.45, 7) is 2.55. The van der Waals surface area contributed by atoms with Gasteiger partial charge in [-0.3, -0.25) is 14.4 Å². The Kier molecular flexibility index (Phi) is 7.19. The van der Waals surface area contributed by atoms with Gasteiger partial charge in [-0.15, -0.1) is 0 Å². The van der Waals surface area contributed by atoms with Gasteiger partial charge in [0, 0.05) is 17.9 Å². The van der Waals surface area contributed by atoms with E-state index in [1.807, 2.05) is 31.2 Å². The van der Waals surface area contributed by atoms with Gasteiger partial charge in [-0.25, -0.2) is 0 Å². The van der Waals surface area contributed by atoms with E-state index in [1.165, 1.54) is 7.11 Å². The summed E-state index contributed by atoms with van der Waals surface area (Å²) in [5, 5.41) is 5.69. The van der Waals surface area contributed by atoms with E-state index < -0.39 is 18.1 Å². The number of aryl methyl sites for hydroxylation is 1. The Balaban J connectivity index is 1.72. The lowest BCUT2D eigenvalue weighted by molar-refractivity contribution is -0.141. The van der Waals surface area contributed by atoms with Crippen molar-refractivity contribution in [3.63, 3.8) is 0 Å². The topological polar surface area (TPSA) is 93.7 Å². The van der Waals surface area contributed by atoms with Gasteiger partial charge in [-0.2, -0.15) is 0 Å². The predicted octanol–water partition coefficient (Wildman–Crippen LogP) is 3.15. The normalized spacial score (nSPS) is 16.5. The van der Waals surface area contributed by atoms with Crippen LogP contribution in [0, 0.1) is 6.92 Å². The zero-order valence-electron chi connectivity index (χ0n) is 17.1. The molecule has 0 bridgehead atoms. The van der Waals surface area contributed by atoms with Crippen LogP contribution in [-0.4, -0.2) is 37.6 Å². The van der Waals surface area contributed by atoms with Crippen molar-refractivity contribution in [2.24, 2.45) is 0 Å². The molecule has 2 aromatic carbocycles. The molecular weight excluding hydrogens is 384 g/mol. The van der Waals surface area contributed by atoms with Gasteiger partial charge in [-0.1, -0.05) is 35.9 Å². The van der Waals surface area contributed by atoms with Crippen molar-refractivity contribution in [2.45, 2.75) is 38.3 Å². The fourth-order valence-electron chi connectivity index (χ4n) is 3.29. The maximum atomic E-state index is 12.9. The molecule has 2 atom stereocenters. The number of hydrogen-bond acceptors (Lipinski definition) is 5. The summed E-state index contributed by atoms with van der Waals surface area (Å²) in [7, 11) is 1.32. The molecule has 2 aromatic rings. The Morgan fingerprint density at radius 3 is 2.60 bits per heavy atom. The first kappa shape index (κ1) is 21.5. The monoisotopic (exact) mass is 410 g/mol. The van der Waals surface area contributed by atoms with Crippen molar-refractivity contribution >= 4 is 23.5 Å². The highest BCUT2D eigenvalue weighted by Gasteiger charge is 2.24. The maximum absolute atomic E-state index is 12.9. The van der Waals surface area contributed by atoms with Crippen LogP contribution in [0.2, 0.25) is 0 Å². The summed E-state index contributed by atoms with van der Waals surface area (Å²) in [5.74, 6) is -0.982. The number of hydrogen-bond donors (Lipinski definition) is 2. The third kappa shape index (κ3) is 5.67. The molecule has 1 aliphatic heterocycles. The molecule has 1 fully saturated rings. The van der Waals surface area contributed by atoms with Gasteiger partial charge >= 0.3 is 5.97 Å². The van der Waals surface area contributed by atoms with Crippen LogP contribution >= 0.6 is 0 Å². The molecule has 1 heterocycles. The van der Waals surface area contributed by atoms with Gasteiger partial charge in [0.2, 0.25) is 0 Å². The molecule has 1 aliphatic rings. The summed E-state index contributed by atoms with van der Waals surface area (Å²) in [6, 6.07) is 13.7. The Labute approximate surface area is 175 Å². The molecule has 1 saturated heterocycles. The largest absolute Gasteiger partial charge is 0.469 e.